The summed E-state index contributed by atoms with van der Waals surface area (Å²) in [6.45, 7) is 0. The minimum absolute atomic E-state index is 0.223. The van der Waals surface area contributed by atoms with E-state index in [9.17, 15) is 4.39 Å². The van der Waals surface area contributed by atoms with Crippen LogP contribution in [0.3, 0.4) is 0 Å². The number of benzene rings is 1. The Morgan fingerprint density at radius 1 is 1.31 bits per heavy atom. The topological polar surface area (TPSA) is 12.9 Å². The molecular formula is C9H4BrFIN. The summed E-state index contributed by atoms with van der Waals surface area (Å²) in [4.78, 5) is 4.12. The van der Waals surface area contributed by atoms with E-state index in [0.717, 1.165) is 9.86 Å². The third-order valence-electron chi connectivity index (χ3n) is 1.75. The molecular weight excluding hydrogens is 348 g/mol. The van der Waals surface area contributed by atoms with E-state index in [1.165, 1.54) is 6.07 Å². The molecule has 0 atom stereocenters. The molecule has 0 aliphatic heterocycles. The van der Waals surface area contributed by atoms with Gasteiger partial charge in [0, 0.05) is 16.1 Å². The zero-order chi connectivity index (χ0) is 9.42. The van der Waals surface area contributed by atoms with Crippen LogP contribution in [-0.2, 0) is 0 Å². The van der Waals surface area contributed by atoms with Crippen LogP contribution in [0.15, 0.2) is 28.9 Å². The van der Waals surface area contributed by atoms with Gasteiger partial charge in [-0.15, -0.1) is 0 Å². The summed E-state index contributed by atoms with van der Waals surface area (Å²) in [7, 11) is 0. The van der Waals surface area contributed by atoms with Gasteiger partial charge in [0.1, 0.15) is 5.82 Å². The largest absolute Gasteiger partial charge is 0.255 e. The van der Waals surface area contributed by atoms with Crippen molar-refractivity contribution in [3.63, 3.8) is 0 Å². The van der Waals surface area contributed by atoms with E-state index in [1.54, 1.807) is 12.3 Å². The predicted molar refractivity (Wildman–Crippen MR) is 62.1 cm³/mol. The summed E-state index contributed by atoms with van der Waals surface area (Å²) in [6.07, 6.45) is 1.66. The molecule has 0 saturated heterocycles. The van der Waals surface area contributed by atoms with E-state index in [0.29, 0.717) is 9.09 Å². The summed E-state index contributed by atoms with van der Waals surface area (Å²) in [5, 5.41) is 0.938. The Balaban J connectivity index is 2.94. The SMILES string of the molecule is Fc1ccc2c(Br)ccnc2c1I. The Hall–Kier alpha value is -0.230. The Kier molecular flexibility index (Phi) is 2.51. The molecule has 2 rings (SSSR count). The lowest BCUT2D eigenvalue weighted by molar-refractivity contribution is 0.622. The molecule has 66 valence electrons. The van der Waals surface area contributed by atoms with Gasteiger partial charge in [0.05, 0.1) is 9.09 Å². The fourth-order valence-corrected chi connectivity index (χ4v) is 2.17. The molecule has 0 aliphatic rings. The first-order chi connectivity index (χ1) is 6.20. The molecule has 0 amide bonds. The van der Waals surface area contributed by atoms with Gasteiger partial charge < -0.3 is 0 Å². The van der Waals surface area contributed by atoms with Crippen molar-refractivity contribution in [1.82, 2.24) is 4.98 Å². The van der Waals surface area contributed by atoms with Crippen molar-refractivity contribution < 1.29 is 4.39 Å². The first-order valence-corrected chi connectivity index (χ1v) is 5.45. The van der Waals surface area contributed by atoms with E-state index in [2.05, 4.69) is 20.9 Å². The standard InChI is InChI=1S/C9H4BrFIN/c10-6-3-4-13-9-5(6)1-2-7(11)8(9)12/h1-4H. The van der Waals surface area contributed by atoms with Gasteiger partial charge in [-0.1, -0.05) is 15.9 Å². The molecule has 0 aliphatic carbocycles. The minimum Gasteiger partial charge on any atom is -0.255 e. The smallest absolute Gasteiger partial charge is 0.138 e. The van der Waals surface area contributed by atoms with Gasteiger partial charge in [-0.3, -0.25) is 4.98 Å². The van der Waals surface area contributed by atoms with Crippen molar-refractivity contribution in [3.05, 3.63) is 38.3 Å². The highest BCUT2D eigenvalue weighted by molar-refractivity contribution is 14.1. The second kappa shape index (κ2) is 3.49. The molecule has 0 spiro atoms. The Morgan fingerprint density at radius 2 is 2.08 bits per heavy atom. The highest BCUT2D eigenvalue weighted by Crippen LogP contribution is 2.26. The van der Waals surface area contributed by atoms with Crippen molar-refractivity contribution in [3.8, 4) is 0 Å². The van der Waals surface area contributed by atoms with Crippen LogP contribution in [-0.4, -0.2) is 4.98 Å². The maximum Gasteiger partial charge on any atom is 0.138 e. The Labute approximate surface area is 96.6 Å². The number of hydrogen-bond donors (Lipinski definition) is 0. The van der Waals surface area contributed by atoms with Gasteiger partial charge in [-0.25, -0.2) is 4.39 Å². The summed E-state index contributed by atoms with van der Waals surface area (Å²) < 4.78 is 14.6. The van der Waals surface area contributed by atoms with Crippen LogP contribution in [0.25, 0.3) is 10.9 Å². The normalized spacial score (nSPS) is 10.7. The number of aromatic nitrogens is 1. The van der Waals surface area contributed by atoms with Gasteiger partial charge in [-0.2, -0.15) is 0 Å². The van der Waals surface area contributed by atoms with E-state index < -0.39 is 0 Å². The first-order valence-electron chi connectivity index (χ1n) is 3.58. The third-order valence-corrected chi connectivity index (χ3v) is 3.47. The van der Waals surface area contributed by atoms with Crippen molar-refractivity contribution in [2.75, 3.05) is 0 Å². The fourth-order valence-electron chi connectivity index (χ4n) is 1.13. The lowest BCUT2D eigenvalue weighted by atomic mass is 10.2. The molecule has 1 nitrogen and oxygen atoms in total. The summed E-state index contributed by atoms with van der Waals surface area (Å²) in [5.41, 5.74) is 0.704. The average molecular weight is 352 g/mol. The van der Waals surface area contributed by atoms with Gasteiger partial charge in [0.15, 0.2) is 0 Å². The molecule has 0 unspecified atom stereocenters. The molecule has 1 aromatic carbocycles. The zero-order valence-electron chi connectivity index (χ0n) is 6.39. The number of fused-ring (bicyclic) bond motifs is 1. The van der Waals surface area contributed by atoms with Gasteiger partial charge >= 0.3 is 0 Å². The van der Waals surface area contributed by atoms with Crippen LogP contribution in [0.5, 0.6) is 0 Å². The number of rotatable bonds is 0. The molecule has 1 aromatic heterocycles. The number of nitrogens with zero attached hydrogens (tertiary/aromatic N) is 1. The van der Waals surface area contributed by atoms with E-state index >= 15 is 0 Å². The number of pyridine rings is 1. The second-order valence-electron chi connectivity index (χ2n) is 2.55. The van der Waals surface area contributed by atoms with Gasteiger partial charge in [-0.05, 0) is 40.8 Å². The molecule has 0 fully saturated rings. The molecule has 4 heteroatoms. The van der Waals surface area contributed by atoms with E-state index in [4.69, 9.17) is 0 Å². The lowest BCUT2D eigenvalue weighted by Crippen LogP contribution is -1.87. The second-order valence-corrected chi connectivity index (χ2v) is 4.48. The van der Waals surface area contributed by atoms with Crippen molar-refractivity contribution in [1.29, 1.82) is 0 Å². The molecule has 0 bridgehead atoms. The predicted octanol–water partition coefficient (Wildman–Crippen LogP) is 3.74. The van der Waals surface area contributed by atoms with Gasteiger partial charge in [0.2, 0.25) is 0 Å². The van der Waals surface area contributed by atoms with Crippen molar-refractivity contribution >= 4 is 49.4 Å². The number of halogens is 3. The zero-order valence-corrected chi connectivity index (χ0v) is 10.1. The molecule has 2 aromatic rings. The van der Waals surface area contributed by atoms with Crippen LogP contribution in [0, 0.1) is 9.39 Å². The molecule has 0 N–H and O–H groups in total. The molecule has 1 heterocycles. The van der Waals surface area contributed by atoms with E-state index in [-0.39, 0.29) is 5.82 Å². The van der Waals surface area contributed by atoms with Crippen molar-refractivity contribution in [2.45, 2.75) is 0 Å². The van der Waals surface area contributed by atoms with E-state index in [1.807, 2.05) is 28.7 Å². The minimum atomic E-state index is -0.223. The monoisotopic (exact) mass is 351 g/mol. The molecule has 13 heavy (non-hydrogen) atoms. The fraction of sp³-hybridized carbons (Fsp3) is 0. The maximum absolute atomic E-state index is 13.1. The summed E-state index contributed by atoms with van der Waals surface area (Å²) in [5.74, 6) is -0.223. The Morgan fingerprint density at radius 3 is 2.85 bits per heavy atom. The average Bonchev–Trinajstić information content (AvgIpc) is 2.12. The molecule has 0 saturated carbocycles. The van der Waals surface area contributed by atoms with Gasteiger partial charge in [0.25, 0.3) is 0 Å². The first kappa shape index (κ1) is 9.33. The highest BCUT2D eigenvalue weighted by Gasteiger charge is 2.06. The van der Waals surface area contributed by atoms with Crippen LogP contribution in [0.1, 0.15) is 0 Å². The summed E-state index contributed by atoms with van der Waals surface area (Å²) >= 11 is 5.35. The number of hydrogen-bond acceptors (Lipinski definition) is 1. The van der Waals surface area contributed by atoms with Crippen LogP contribution in [0.4, 0.5) is 4.39 Å². The third kappa shape index (κ3) is 1.57. The van der Waals surface area contributed by atoms with Crippen LogP contribution >= 0.6 is 38.5 Å². The highest BCUT2D eigenvalue weighted by atomic mass is 127. The quantitative estimate of drug-likeness (QED) is 0.659. The van der Waals surface area contributed by atoms with Crippen LogP contribution in [0.2, 0.25) is 0 Å². The Bertz CT molecular complexity index is 472. The molecule has 0 radical (unpaired) electrons. The summed E-state index contributed by atoms with van der Waals surface area (Å²) in [6, 6.07) is 5.02. The lowest BCUT2D eigenvalue weighted by Gasteiger charge is -2.02. The van der Waals surface area contributed by atoms with Crippen LogP contribution < -0.4 is 0 Å². The van der Waals surface area contributed by atoms with Crippen molar-refractivity contribution in [2.24, 2.45) is 0 Å². The maximum atomic E-state index is 13.1.